The number of aliphatic hydroxyl groups excluding tert-OH is 1. The van der Waals surface area contributed by atoms with Gasteiger partial charge in [0.25, 0.3) is 5.91 Å². The molecule has 1 saturated carbocycles. The molecule has 7 nitrogen and oxygen atoms in total. The molecule has 0 bridgehead atoms. The zero-order chi connectivity index (χ0) is 23.2. The number of fused-ring (bicyclic) bond motifs is 2. The van der Waals surface area contributed by atoms with Gasteiger partial charge in [0.05, 0.1) is 16.1 Å². The zero-order valence-corrected chi connectivity index (χ0v) is 18.4. The lowest BCUT2D eigenvalue weighted by Crippen LogP contribution is -2.60. The Hall–Kier alpha value is -2.71. The van der Waals surface area contributed by atoms with Crippen molar-refractivity contribution in [1.29, 1.82) is 0 Å². The van der Waals surface area contributed by atoms with E-state index in [1.165, 1.54) is 18.3 Å². The molecule has 1 aliphatic heterocycles. The van der Waals surface area contributed by atoms with E-state index in [-0.39, 0.29) is 47.2 Å². The van der Waals surface area contributed by atoms with E-state index in [0.717, 1.165) is 0 Å². The van der Waals surface area contributed by atoms with Crippen LogP contribution in [0.4, 0.5) is 4.39 Å². The number of aromatic hydroxyl groups is 1. The Bertz CT molecular complexity index is 1160. The van der Waals surface area contributed by atoms with Gasteiger partial charge in [0, 0.05) is 32.3 Å². The van der Waals surface area contributed by atoms with Crippen molar-refractivity contribution >= 4 is 23.3 Å². The second-order valence-electron chi connectivity index (χ2n) is 8.58. The Labute approximate surface area is 189 Å². The Kier molecular flexibility index (Phi) is 5.85. The van der Waals surface area contributed by atoms with Crippen LogP contribution >= 0.6 is 11.6 Å². The molecule has 1 aromatic heterocycles. The SMILES string of the molecule is CCN1CC2(CC(CO)C2)n2cc(C(=O)CCc3cccc(Cl)c3F)c(=O)c(O)c2C1=O. The molecule has 2 aromatic rings. The summed E-state index contributed by atoms with van der Waals surface area (Å²) in [5.41, 5.74) is -1.61. The van der Waals surface area contributed by atoms with E-state index in [4.69, 9.17) is 11.6 Å². The van der Waals surface area contributed by atoms with E-state index in [2.05, 4.69) is 0 Å². The van der Waals surface area contributed by atoms with Crippen molar-refractivity contribution < 1.29 is 24.2 Å². The average molecular weight is 463 g/mol. The van der Waals surface area contributed by atoms with Crippen LogP contribution in [0.25, 0.3) is 0 Å². The number of nitrogens with zero attached hydrogens (tertiary/aromatic N) is 2. The first-order valence-corrected chi connectivity index (χ1v) is 11.0. The third kappa shape index (κ3) is 3.51. The number of aromatic nitrogens is 1. The number of ketones is 1. The fraction of sp³-hybridized carbons (Fsp3) is 0.435. The minimum absolute atomic E-state index is 0.000321. The van der Waals surface area contributed by atoms with Gasteiger partial charge < -0.3 is 19.7 Å². The largest absolute Gasteiger partial charge is 0.503 e. The van der Waals surface area contributed by atoms with Crippen LogP contribution in [0, 0.1) is 11.7 Å². The lowest BCUT2D eigenvalue weighted by atomic mass is 9.66. The standard InChI is InChI=1S/C23H24ClFN2O5/c1-2-26-12-23(8-13(9-23)11-28)27-10-15(20(30)21(31)19(27)22(26)32)17(29)7-6-14-4-3-5-16(24)18(14)25/h3-5,10,13,28,31H,2,6-9,11-12H2,1H3. The van der Waals surface area contributed by atoms with Gasteiger partial charge in [-0.15, -0.1) is 0 Å². The number of amides is 1. The molecule has 170 valence electrons. The third-order valence-electron chi connectivity index (χ3n) is 6.60. The molecular formula is C23H24ClFN2O5. The fourth-order valence-corrected chi connectivity index (χ4v) is 5.08. The van der Waals surface area contributed by atoms with E-state index >= 15 is 0 Å². The number of likely N-dealkylation sites (N-methyl/N-ethyl adjacent to an activating group) is 1. The van der Waals surface area contributed by atoms with Crippen molar-refractivity contribution in [2.75, 3.05) is 19.7 Å². The highest BCUT2D eigenvalue weighted by Crippen LogP contribution is 2.48. The van der Waals surface area contributed by atoms with Crippen LogP contribution in [-0.4, -0.2) is 51.1 Å². The summed E-state index contributed by atoms with van der Waals surface area (Å²) in [5.74, 6) is -2.35. The Morgan fingerprint density at radius 1 is 1.31 bits per heavy atom. The maximum absolute atomic E-state index is 14.1. The summed E-state index contributed by atoms with van der Waals surface area (Å²) < 4.78 is 15.7. The monoisotopic (exact) mass is 462 g/mol. The number of hydrogen-bond acceptors (Lipinski definition) is 5. The quantitative estimate of drug-likeness (QED) is 0.643. The van der Waals surface area contributed by atoms with E-state index in [1.807, 2.05) is 6.92 Å². The van der Waals surface area contributed by atoms with Gasteiger partial charge in [0.15, 0.2) is 17.2 Å². The molecule has 32 heavy (non-hydrogen) atoms. The molecule has 4 rings (SSSR count). The Balaban J connectivity index is 1.71. The van der Waals surface area contributed by atoms with E-state index in [1.54, 1.807) is 15.5 Å². The van der Waals surface area contributed by atoms with Crippen molar-refractivity contribution in [2.45, 2.75) is 38.1 Å². The van der Waals surface area contributed by atoms with Crippen LogP contribution in [0.15, 0.2) is 29.2 Å². The van der Waals surface area contributed by atoms with Crippen LogP contribution in [0.2, 0.25) is 5.02 Å². The van der Waals surface area contributed by atoms with Crippen LogP contribution in [0.5, 0.6) is 5.75 Å². The van der Waals surface area contributed by atoms with Crippen molar-refractivity contribution in [3.05, 3.63) is 62.3 Å². The Morgan fingerprint density at radius 3 is 2.69 bits per heavy atom. The number of Topliss-reactive ketones (excluding diaryl/α,β-unsaturated/α-hetero) is 1. The summed E-state index contributed by atoms with van der Waals surface area (Å²) in [6.07, 6.45) is 2.35. The maximum Gasteiger partial charge on any atom is 0.274 e. The minimum Gasteiger partial charge on any atom is -0.503 e. The number of aryl methyl sites for hydroxylation is 1. The predicted molar refractivity (Wildman–Crippen MR) is 116 cm³/mol. The number of carbonyl (C=O) groups is 2. The first-order valence-electron chi connectivity index (χ1n) is 10.6. The molecule has 0 unspecified atom stereocenters. The highest BCUT2D eigenvalue weighted by molar-refractivity contribution is 6.30. The molecule has 2 N–H and O–H groups in total. The lowest BCUT2D eigenvalue weighted by molar-refractivity contribution is -0.0142. The number of aliphatic hydroxyl groups is 1. The molecule has 1 amide bonds. The predicted octanol–water partition coefficient (Wildman–Crippen LogP) is 2.74. The molecule has 1 fully saturated rings. The summed E-state index contributed by atoms with van der Waals surface area (Å²) in [5, 5.41) is 20.1. The van der Waals surface area contributed by atoms with Crippen molar-refractivity contribution in [2.24, 2.45) is 5.92 Å². The first-order chi connectivity index (χ1) is 15.2. The molecule has 0 atom stereocenters. The lowest BCUT2D eigenvalue weighted by Gasteiger charge is -2.54. The van der Waals surface area contributed by atoms with Crippen LogP contribution in [0.3, 0.4) is 0 Å². The van der Waals surface area contributed by atoms with Gasteiger partial charge in [-0.1, -0.05) is 23.7 Å². The maximum atomic E-state index is 14.1. The number of benzene rings is 1. The minimum atomic E-state index is -0.910. The molecule has 2 heterocycles. The van der Waals surface area contributed by atoms with Gasteiger partial charge in [-0.05, 0) is 43.7 Å². The molecule has 1 spiro atoms. The highest BCUT2D eigenvalue weighted by Gasteiger charge is 2.52. The number of pyridine rings is 1. The summed E-state index contributed by atoms with van der Waals surface area (Å²) in [4.78, 5) is 40.1. The fourth-order valence-electron chi connectivity index (χ4n) is 4.88. The van der Waals surface area contributed by atoms with Gasteiger partial charge in [-0.2, -0.15) is 0 Å². The normalized spacial score (nSPS) is 22.1. The van der Waals surface area contributed by atoms with Crippen LogP contribution in [0.1, 0.15) is 52.6 Å². The van der Waals surface area contributed by atoms with Gasteiger partial charge >= 0.3 is 0 Å². The number of halogens is 2. The van der Waals surface area contributed by atoms with Crippen LogP contribution < -0.4 is 5.43 Å². The number of carbonyl (C=O) groups excluding carboxylic acids is 2. The molecule has 0 saturated heterocycles. The molecule has 0 radical (unpaired) electrons. The van der Waals surface area contributed by atoms with E-state index < -0.39 is 34.2 Å². The van der Waals surface area contributed by atoms with E-state index in [0.29, 0.717) is 25.9 Å². The molecule has 9 heteroatoms. The smallest absolute Gasteiger partial charge is 0.274 e. The van der Waals surface area contributed by atoms with E-state index in [9.17, 15) is 29.0 Å². The Morgan fingerprint density at radius 2 is 2.03 bits per heavy atom. The molecule has 1 aromatic carbocycles. The molecule has 1 aliphatic carbocycles. The number of hydrogen-bond donors (Lipinski definition) is 2. The van der Waals surface area contributed by atoms with Gasteiger partial charge in [0.1, 0.15) is 5.82 Å². The first kappa shape index (κ1) is 22.5. The average Bonchev–Trinajstić information content (AvgIpc) is 2.75. The topological polar surface area (TPSA) is 99.8 Å². The van der Waals surface area contributed by atoms with Crippen molar-refractivity contribution in [3.8, 4) is 5.75 Å². The summed E-state index contributed by atoms with van der Waals surface area (Å²) >= 11 is 5.79. The molecule has 2 aliphatic rings. The van der Waals surface area contributed by atoms with Crippen LogP contribution in [-0.2, 0) is 12.0 Å². The second-order valence-corrected chi connectivity index (χ2v) is 8.98. The summed E-state index contributed by atoms with van der Waals surface area (Å²) in [6.45, 7) is 2.59. The zero-order valence-electron chi connectivity index (χ0n) is 17.6. The van der Waals surface area contributed by atoms with Gasteiger partial charge in [0.2, 0.25) is 5.43 Å². The van der Waals surface area contributed by atoms with Gasteiger partial charge in [-0.3, -0.25) is 14.4 Å². The van der Waals surface area contributed by atoms with Crippen molar-refractivity contribution in [1.82, 2.24) is 9.47 Å². The third-order valence-corrected chi connectivity index (χ3v) is 6.89. The van der Waals surface area contributed by atoms with Crippen molar-refractivity contribution in [3.63, 3.8) is 0 Å². The molecular weight excluding hydrogens is 439 g/mol. The number of rotatable bonds is 6. The second kappa shape index (κ2) is 8.33. The summed E-state index contributed by atoms with van der Waals surface area (Å²) in [6, 6.07) is 4.50. The highest BCUT2D eigenvalue weighted by atomic mass is 35.5. The summed E-state index contributed by atoms with van der Waals surface area (Å²) in [7, 11) is 0. The van der Waals surface area contributed by atoms with Gasteiger partial charge in [-0.25, -0.2) is 4.39 Å².